The highest BCUT2D eigenvalue weighted by Crippen LogP contribution is 2.42. The fourth-order valence-corrected chi connectivity index (χ4v) is 5.01. The Morgan fingerprint density at radius 1 is 1.05 bits per heavy atom. The maximum absolute atomic E-state index is 14.4. The summed E-state index contributed by atoms with van der Waals surface area (Å²) in [6.45, 7) is 2.78. The van der Waals surface area contributed by atoms with Crippen LogP contribution in [0.2, 0.25) is 0 Å². The summed E-state index contributed by atoms with van der Waals surface area (Å²) in [4.78, 5) is 55.1. The molecule has 0 aromatic heterocycles. The van der Waals surface area contributed by atoms with E-state index in [0.29, 0.717) is 22.4 Å². The number of nitrogen functional groups attached to an aromatic ring is 1. The first-order valence-corrected chi connectivity index (χ1v) is 12.8. The van der Waals surface area contributed by atoms with Gasteiger partial charge in [-0.1, -0.05) is 66.7 Å². The molecule has 2 unspecified atom stereocenters. The van der Waals surface area contributed by atoms with Crippen molar-refractivity contribution in [2.75, 3.05) is 7.11 Å². The van der Waals surface area contributed by atoms with Crippen molar-refractivity contribution in [1.82, 2.24) is 14.9 Å². The lowest BCUT2D eigenvalue weighted by atomic mass is 9.89. The first-order chi connectivity index (χ1) is 19.5. The molecule has 1 fully saturated rings. The molecule has 0 saturated carbocycles. The number of nitrogens with one attached hydrogen (secondary N) is 1. The Kier molecular flexibility index (Phi) is 8.08. The highest BCUT2D eigenvalue weighted by atomic mass is 16.5. The third kappa shape index (κ3) is 5.46. The van der Waals surface area contributed by atoms with Gasteiger partial charge in [0.05, 0.1) is 19.6 Å². The number of ether oxygens (including phenoxy) is 1. The van der Waals surface area contributed by atoms with Crippen LogP contribution < -0.4 is 10.5 Å². The summed E-state index contributed by atoms with van der Waals surface area (Å²) in [5, 5.41) is 19.2. The first-order valence-electron chi connectivity index (χ1n) is 12.8. The minimum Gasteiger partial charge on any atom is -0.497 e. The smallest absolute Gasteiger partial charge is 0.347 e. The molecule has 4 rings (SSSR count). The summed E-state index contributed by atoms with van der Waals surface area (Å²) in [6, 6.07) is 19.9. The van der Waals surface area contributed by atoms with Gasteiger partial charge in [-0.15, -0.1) is 0 Å². The second kappa shape index (κ2) is 11.5. The predicted octanol–water partition coefficient (Wildman–Crippen LogP) is 3.64. The van der Waals surface area contributed by atoms with Crippen LogP contribution >= 0.6 is 0 Å². The SMILES string of the molecule is COc1cccc(C(CC(=O)O)N(C(C)=O)N2C(=O)N(Cc3ccccc3)C(C)(c3ccc(C(=N)N)cc3)C2=O)c1. The third-order valence-electron chi connectivity index (χ3n) is 7.18. The molecule has 4 N–H and O–H groups in total. The van der Waals surface area contributed by atoms with Gasteiger partial charge in [0, 0.05) is 19.0 Å². The predicted molar refractivity (Wildman–Crippen MR) is 150 cm³/mol. The minimum absolute atomic E-state index is 0.0291. The van der Waals surface area contributed by atoms with Gasteiger partial charge in [0.1, 0.15) is 17.1 Å². The molecule has 41 heavy (non-hydrogen) atoms. The van der Waals surface area contributed by atoms with Gasteiger partial charge in [-0.3, -0.25) is 24.7 Å². The van der Waals surface area contributed by atoms with Gasteiger partial charge in [0.25, 0.3) is 5.91 Å². The van der Waals surface area contributed by atoms with Crippen molar-refractivity contribution < 1.29 is 29.0 Å². The van der Waals surface area contributed by atoms with Gasteiger partial charge < -0.3 is 15.6 Å². The number of amidine groups is 1. The molecule has 11 nitrogen and oxygen atoms in total. The summed E-state index contributed by atoms with van der Waals surface area (Å²) < 4.78 is 5.29. The largest absolute Gasteiger partial charge is 0.497 e. The van der Waals surface area contributed by atoms with E-state index in [0.717, 1.165) is 15.6 Å². The fraction of sp³-hybridized carbons (Fsp3) is 0.233. The van der Waals surface area contributed by atoms with Crippen molar-refractivity contribution in [2.24, 2.45) is 5.73 Å². The van der Waals surface area contributed by atoms with Crippen molar-refractivity contribution in [3.8, 4) is 5.75 Å². The normalized spacial score (nSPS) is 17.3. The Balaban J connectivity index is 1.88. The number of carboxylic acids is 1. The first kappa shape index (κ1) is 28.8. The lowest BCUT2D eigenvalue weighted by molar-refractivity contribution is -0.162. The number of nitrogens with two attached hydrogens (primary N) is 1. The van der Waals surface area contributed by atoms with E-state index in [1.165, 1.54) is 18.9 Å². The molecule has 1 saturated heterocycles. The monoisotopic (exact) mass is 557 g/mol. The van der Waals surface area contributed by atoms with E-state index in [-0.39, 0.29) is 12.4 Å². The number of amides is 4. The molecule has 1 aliphatic rings. The maximum Gasteiger partial charge on any atom is 0.347 e. The number of methoxy groups -OCH3 is 1. The number of carbonyl (C=O) groups excluding carboxylic acids is 3. The van der Waals surface area contributed by atoms with Crippen LogP contribution in [0.5, 0.6) is 5.75 Å². The minimum atomic E-state index is -1.59. The topological polar surface area (TPSA) is 157 Å². The van der Waals surface area contributed by atoms with Gasteiger partial charge in [-0.05, 0) is 35.7 Å². The molecule has 11 heteroatoms. The number of carbonyl (C=O) groups is 4. The van der Waals surface area contributed by atoms with E-state index in [4.69, 9.17) is 15.9 Å². The van der Waals surface area contributed by atoms with Gasteiger partial charge in [-0.2, -0.15) is 5.01 Å². The average molecular weight is 558 g/mol. The Bertz CT molecular complexity index is 1490. The van der Waals surface area contributed by atoms with Crippen LogP contribution in [0.1, 0.15) is 48.6 Å². The van der Waals surface area contributed by atoms with Crippen LogP contribution in [-0.4, -0.2) is 56.8 Å². The zero-order valence-corrected chi connectivity index (χ0v) is 22.9. The molecule has 1 heterocycles. The Morgan fingerprint density at radius 3 is 2.27 bits per heavy atom. The number of rotatable bonds is 10. The Hall–Kier alpha value is -5.19. The van der Waals surface area contributed by atoms with E-state index in [2.05, 4.69) is 0 Å². The zero-order valence-electron chi connectivity index (χ0n) is 22.9. The Morgan fingerprint density at radius 2 is 1.71 bits per heavy atom. The van der Waals surface area contributed by atoms with E-state index in [9.17, 15) is 24.3 Å². The number of aliphatic carboxylic acids is 1. The number of urea groups is 1. The lowest BCUT2D eigenvalue weighted by Gasteiger charge is -2.35. The molecular weight excluding hydrogens is 526 g/mol. The van der Waals surface area contributed by atoms with Crippen molar-refractivity contribution in [1.29, 1.82) is 5.41 Å². The summed E-state index contributed by atoms with van der Waals surface area (Å²) in [5.74, 6) is -2.40. The number of hydrazine groups is 1. The van der Waals surface area contributed by atoms with E-state index >= 15 is 0 Å². The number of hydrogen-bond acceptors (Lipinski definition) is 6. The van der Waals surface area contributed by atoms with Gasteiger partial charge in [-0.25, -0.2) is 9.80 Å². The molecule has 0 radical (unpaired) electrons. The summed E-state index contributed by atoms with van der Waals surface area (Å²) in [7, 11) is 1.45. The van der Waals surface area contributed by atoms with Crippen LogP contribution in [0.15, 0.2) is 78.9 Å². The molecule has 2 atom stereocenters. The van der Waals surface area contributed by atoms with Crippen molar-refractivity contribution in [2.45, 2.75) is 38.4 Å². The fourth-order valence-electron chi connectivity index (χ4n) is 5.01. The van der Waals surface area contributed by atoms with Crippen LogP contribution in [0.25, 0.3) is 0 Å². The maximum atomic E-state index is 14.4. The van der Waals surface area contributed by atoms with E-state index in [1.807, 2.05) is 30.3 Å². The second-order valence-electron chi connectivity index (χ2n) is 9.79. The summed E-state index contributed by atoms with van der Waals surface area (Å²) in [5.41, 5.74) is 6.01. The summed E-state index contributed by atoms with van der Waals surface area (Å²) >= 11 is 0. The third-order valence-corrected chi connectivity index (χ3v) is 7.18. The Labute approximate surface area is 237 Å². The van der Waals surface area contributed by atoms with Crippen LogP contribution in [-0.2, 0) is 26.5 Å². The molecule has 4 amide bonds. The average Bonchev–Trinajstić information content (AvgIpc) is 3.14. The number of imide groups is 1. The molecule has 1 aliphatic heterocycles. The van der Waals surface area contributed by atoms with Gasteiger partial charge >= 0.3 is 12.0 Å². The zero-order chi connectivity index (χ0) is 29.9. The van der Waals surface area contributed by atoms with Crippen LogP contribution in [0.4, 0.5) is 4.79 Å². The van der Waals surface area contributed by atoms with Gasteiger partial charge in [0.15, 0.2) is 0 Å². The van der Waals surface area contributed by atoms with Crippen LogP contribution in [0, 0.1) is 5.41 Å². The van der Waals surface area contributed by atoms with Gasteiger partial charge in [0.2, 0.25) is 5.91 Å². The van der Waals surface area contributed by atoms with Crippen molar-refractivity contribution in [3.05, 3.63) is 101 Å². The van der Waals surface area contributed by atoms with Crippen LogP contribution in [0.3, 0.4) is 0 Å². The quantitative estimate of drug-likeness (QED) is 0.195. The van der Waals surface area contributed by atoms with Crippen molar-refractivity contribution >= 4 is 29.7 Å². The molecule has 212 valence electrons. The number of nitrogens with zero attached hydrogens (tertiary/aromatic N) is 3. The van der Waals surface area contributed by atoms with E-state index < -0.39 is 41.8 Å². The molecule has 3 aromatic rings. The highest BCUT2D eigenvalue weighted by Gasteiger charge is 2.58. The molecule has 0 bridgehead atoms. The molecule has 0 aliphatic carbocycles. The standard InChI is InChI=1S/C30H31N5O6/c1-19(36)34(25(17-26(37)38)22-10-7-11-24(16-22)41-3)35-28(39)30(2,23-14-12-21(13-15-23)27(31)32)33(29(35)40)18-20-8-5-4-6-9-20/h4-16,25H,17-18H2,1-3H3,(H3,31,32)(H,37,38). The highest BCUT2D eigenvalue weighted by molar-refractivity contribution is 6.08. The lowest BCUT2D eigenvalue weighted by Crippen LogP contribution is -2.52. The second-order valence-corrected chi connectivity index (χ2v) is 9.79. The van der Waals surface area contributed by atoms with Crippen molar-refractivity contribution in [3.63, 3.8) is 0 Å². The molecule has 3 aromatic carbocycles. The summed E-state index contributed by atoms with van der Waals surface area (Å²) in [6.07, 6.45) is -0.577. The number of carboxylic acid groups (broad SMARTS) is 1. The van der Waals surface area contributed by atoms with E-state index in [1.54, 1.807) is 55.5 Å². The number of hydrogen-bond donors (Lipinski definition) is 3. The molecular formula is C30H31N5O6. The molecule has 0 spiro atoms. The number of benzene rings is 3.